The molecular formula is C18H20Cl2N6O. The highest BCUT2D eigenvalue weighted by molar-refractivity contribution is 6.37. The van der Waals surface area contributed by atoms with Gasteiger partial charge in [-0.1, -0.05) is 36.2 Å². The molecule has 3 rings (SSSR count). The summed E-state index contributed by atoms with van der Waals surface area (Å²) in [5, 5.41) is 12.3. The monoisotopic (exact) mass is 406 g/mol. The molecule has 1 aromatic carbocycles. The molecule has 2 aromatic heterocycles. The number of carbonyl (C=O) groups is 1. The van der Waals surface area contributed by atoms with Gasteiger partial charge in [-0.25, -0.2) is 9.67 Å². The second-order valence-electron chi connectivity index (χ2n) is 6.08. The molecule has 9 heteroatoms. The van der Waals surface area contributed by atoms with Crippen LogP contribution in [0.25, 0.3) is 5.69 Å². The minimum absolute atomic E-state index is 0.0952. The van der Waals surface area contributed by atoms with E-state index in [0.29, 0.717) is 34.5 Å². The summed E-state index contributed by atoms with van der Waals surface area (Å²) in [6, 6.07) is 5.20. The Kier molecular flexibility index (Phi) is 6.13. The fourth-order valence-corrected chi connectivity index (χ4v) is 3.21. The van der Waals surface area contributed by atoms with Gasteiger partial charge in [0.1, 0.15) is 11.5 Å². The van der Waals surface area contributed by atoms with E-state index >= 15 is 0 Å². The standard InChI is InChI=1S/C18H20Cl2N6O/c1-3-15-23-17(24-26(15)16-13(19)6-4-7-14(16)20)18(27)21-8-5-9-25-11-12(2)10-22-25/h4,6-7,10-11H,3,5,8-9H2,1-2H3,(H,21,27). The Balaban J connectivity index is 1.68. The third kappa shape index (κ3) is 4.48. The van der Waals surface area contributed by atoms with E-state index in [9.17, 15) is 4.79 Å². The van der Waals surface area contributed by atoms with Crippen molar-refractivity contribution in [3.05, 3.63) is 57.9 Å². The number of hydrogen-bond donors (Lipinski definition) is 1. The zero-order valence-corrected chi connectivity index (χ0v) is 16.6. The van der Waals surface area contributed by atoms with Crippen LogP contribution >= 0.6 is 23.2 Å². The van der Waals surface area contributed by atoms with Crippen LogP contribution in [-0.4, -0.2) is 37.0 Å². The van der Waals surface area contributed by atoms with Crippen LogP contribution in [0.5, 0.6) is 0 Å². The molecular weight excluding hydrogens is 387 g/mol. The maximum Gasteiger partial charge on any atom is 0.290 e. The SMILES string of the molecule is CCc1nc(C(=O)NCCCn2cc(C)cn2)nn1-c1c(Cl)cccc1Cl. The second kappa shape index (κ2) is 8.54. The van der Waals surface area contributed by atoms with Crippen molar-refractivity contribution < 1.29 is 4.79 Å². The van der Waals surface area contributed by atoms with E-state index in [4.69, 9.17) is 23.2 Å². The molecule has 0 aliphatic heterocycles. The van der Waals surface area contributed by atoms with Gasteiger partial charge in [-0.3, -0.25) is 9.48 Å². The molecule has 2 heterocycles. The number of nitrogens with zero attached hydrogens (tertiary/aromatic N) is 5. The highest BCUT2D eigenvalue weighted by Gasteiger charge is 2.19. The minimum Gasteiger partial charge on any atom is -0.349 e. The minimum atomic E-state index is -0.330. The molecule has 1 amide bonds. The van der Waals surface area contributed by atoms with Gasteiger partial charge in [0.25, 0.3) is 5.91 Å². The number of rotatable bonds is 7. The number of amides is 1. The average Bonchev–Trinajstić information content (AvgIpc) is 3.25. The van der Waals surface area contributed by atoms with Crippen LogP contribution in [0.2, 0.25) is 10.0 Å². The quantitative estimate of drug-likeness (QED) is 0.609. The van der Waals surface area contributed by atoms with Gasteiger partial charge in [0, 0.05) is 25.7 Å². The Morgan fingerprint density at radius 2 is 2.00 bits per heavy atom. The first-order valence-electron chi connectivity index (χ1n) is 8.67. The third-order valence-corrected chi connectivity index (χ3v) is 4.56. The molecule has 1 N–H and O–H groups in total. The first-order valence-corrected chi connectivity index (χ1v) is 9.42. The van der Waals surface area contributed by atoms with Crippen LogP contribution in [0.1, 0.15) is 35.4 Å². The van der Waals surface area contributed by atoms with Crippen molar-refractivity contribution in [1.29, 1.82) is 0 Å². The normalized spacial score (nSPS) is 11.0. The average molecular weight is 407 g/mol. The third-order valence-electron chi connectivity index (χ3n) is 3.95. The lowest BCUT2D eigenvalue weighted by Gasteiger charge is -2.08. The van der Waals surface area contributed by atoms with Crippen LogP contribution in [0.4, 0.5) is 0 Å². The lowest BCUT2D eigenvalue weighted by Crippen LogP contribution is -2.26. The van der Waals surface area contributed by atoms with Crippen LogP contribution in [0.15, 0.2) is 30.6 Å². The Morgan fingerprint density at radius 1 is 1.26 bits per heavy atom. The summed E-state index contributed by atoms with van der Waals surface area (Å²) < 4.78 is 3.38. The summed E-state index contributed by atoms with van der Waals surface area (Å²) in [5.41, 5.74) is 1.64. The van der Waals surface area contributed by atoms with Gasteiger partial charge in [0.15, 0.2) is 0 Å². The molecule has 7 nitrogen and oxygen atoms in total. The Morgan fingerprint density at radius 3 is 2.63 bits per heavy atom. The molecule has 0 unspecified atom stereocenters. The van der Waals surface area contributed by atoms with E-state index in [1.165, 1.54) is 4.68 Å². The number of halogens is 2. The molecule has 0 saturated heterocycles. The molecule has 0 aliphatic carbocycles. The summed E-state index contributed by atoms with van der Waals surface area (Å²) in [6.07, 6.45) is 5.11. The molecule has 27 heavy (non-hydrogen) atoms. The second-order valence-corrected chi connectivity index (χ2v) is 6.89. The zero-order valence-electron chi connectivity index (χ0n) is 15.1. The molecule has 0 saturated carbocycles. The summed E-state index contributed by atoms with van der Waals surface area (Å²) in [5.74, 6) is 0.378. The van der Waals surface area contributed by atoms with Crippen molar-refractivity contribution in [1.82, 2.24) is 29.9 Å². The van der Waals surface area contributed by atoms with E-state index < -0.39 is 0 Å². The van der Waals surface area contributed by atoms with E-state index in [-0.39, 0.29) is 11.7 Å². The first-order chi connectivity index (χ1) is 13.0. The summed E-state index contributed by atoms with van der Waals surface area (Å²) in [6.45, 7) is 5.15. The highest BCUT2D eigenvalue weighted by atomic mass is 35.5. The van der Waals surface area contributed by atoms with Gasteiger partial charge in [0.2, 0.25) is 5.82 Å². The Labute approximate surface area is 167 Å². The topological polar surface area (TPSA) is 77.6 Å². The molecule has 0 spiro atoms. The van der Waals surface area contributed by atoms with E-state index in [1.54, 1.807) is 24.4 Å². The molecule has 142 valence electrons. The predicted octanol–water partition coefficient (Wildman–Crippen LogP) is 3.46. The highest BCUT2D eigenvalue weighted by Crippen LogP contribution is 2.28. The van der Waals surface area contributed by atoms with Crippen LogP contribution < -0.4 is 5.32 Å². The zero-order chi connectivity index (χ0) is 19.4. The predicted molar refractivity (Wildman–Crippen MR) is 105 cm³/mol. The van der Waals surface area contributed by atoms with Crippen molar-refractivity contribution in [3.8, 4) is 5.69 Å². The van der Waals surface area contributed by atoms with E-state index in [1.807, 2.05) is 24.7 Å². The van der Waals surface area contributed by atoms with Crippen LogP contribution in [0.3, 0.4) is 0 Å². The molecule has 0 radical (unpaired) electrons. The fraction of sp³-hybridized carbons (Fsp3) is 0.333. The smallest absolute Gasteiger partial charge is 0.290 e. The lowest BCUT2D eigenvalue weighted by atomic mass is 10.3. The Hall–Kier alpha value is -2.38. The van der Waals surface area contributed by atoms with Crippen molar-refractivity contribution in [2.24, 2.45) is 0 Å². The number of aromatic nitrogens is 5. The Bertz CT molecular complexity index is 929. The van der Waals surface area contributed by atoms with Gasteiger partial charge < -0.3 is 5.32 Å². The molecule has 0 fully saturated rings. The number of aryl methyl sites for hydroxylation is 3. The first kappa shape index (κ1) is 19.4. The largest absolute Gasteiger partial charge is 0.349 e. The van der Waals surface area contributed by atoms with Crippen molar-refractivity contribution in [3.63, 3.8) is 0 Å². The summed E-state index contributed by atoms with van der Waals surface area (Å²) in [7, 11) is 0. The lowest BCUT2D eigenvalue weighted by molar-refractivity contribution is 0.0942. The van der Waals surface area contributed by atoms with Crippen molar-refractivity contribution in [2.45, 2.75) is 33.2 Å². The van der Waals surface area contributed by atoms with Crippen molar-refractivity contribution >= 4 is 29.1 Å². The number of benzene rings is 1. The maximum atomic E-state index is 12.4. The number of carbonyl (C=O) groups excluding carboxylic acids is 1. The van der Waals surface area contributed by atoms with Crippen LogP contribution in [-0.2, 0) is 13.0 Å². The number of nitrogens with one attached hydrogen (secondary N) is 1. The maximum absolute atomic E-state index is 12.4. The molecule has 3 aromatic rings. The summed E-state index contributed by atoms with van der Waals surface area (Å²) >= 11 is 12.5. The molecule has 0 bridgehead atoms. The van der Waals surface area contributed by atoms with Gasteiger partial charge >= 0.3 is 0 Å². The van der Waals surface area contributed by atoms with E-state index in [2.05, 4.69) is 20.5 Å². The number of hydrogen-bond acceptors (Lipinski definition) is 4. The van der Waals surface area contributed by atoms with Crippen molar-refractivity contribution in [2.75, 3.05) is 6.54 Å². The fourth-order valence-electron chi connectivity index (χ4n) is 2.65. The number of para-hydroxylation sites is 1. The van der Waals surface area contributed by atoms with Gasteiger partial charge in [0.05, 0.1) is 16.2 Å². The summed E-state index contributed by atoms with van der Waals surface area (Å²) in [4.78, 5) is 16.7. The van der Waals surface area contributed by atoms with Gasteiger partial charge in [-0.05, 0) is 31.0 Å². The van der Waals surface area contributed by atoms with Gasteiger partial charge in [-0.15, -0.1) is 5.10 Å². The van der Waals surface area contributed by atoms with Crippen LogP contribution in [0, 0.1) is 6.92 Å². The molecule has 0 atom stereocenters. The molecule has 0 aliphatic rings. The van der Waals surface area contributed by atoms with E-state index in [0.717, 1.165) is 18.5 Å². The van der Waals surface area contributed by atoms with Gasteiger partial charge in [-0.2, -0.15) is 5.10 Å².